The first-order valence-corrected chi connectivity index (χ1v) is 6.54. The quantitative estimate of drug-likeness (QED) is 0.667. The van der Waals surface area contributed by atoms with Gasteiger partial charge in [0.1, 0.15) is 10.7 Å². The summed E-state index contributed by atoms with van der Waals surface area (Å²) in [5, 5.41) is 6.00. The van der Waals surface area contributed by atoms with Gasteiger partial charge in [-0.2, -0.15) is 5.10 Å². The number of anilines is 1. The Hall–Kier alpha value is -1.34. The van der Waals surface area contributed by atoms with Crippen molar-refractivity contribution in [3.05, 3.63) is 18.3 Å². The van der Waals surface area contributed by atoms with E-state index in [9.17, 15) is 8.42 Å². The number of hydrogen-bond donors (Lipinski definition) is 3. The third-order valence-electron chi connectivity index (χ3n) is 2.51. The number of nitrogens with one attached hydrogen (secondary N) is 2. The zero-order valence-electron chi connectivity index (χ0n) is 8.68. The molecule has 1 aromatic rings. The van der Waals surface area contributed by atoms with Gasteiger partial charge in [-0.25, -0.2) is 13.1 Å². The van der Waals surface area contributed by atoms with Crippen LogP contribution in [-0.2, 0) is 10.0 Å². The minimum Gasteiger partial charge on any atom is -0.383 e. The Kier molecular flexibility index (Phi) is 2.97. The first-order chi connectivity index (χ1) is 7.59. The van der Waals surface area contributed by atoms with Crippen molar-refractivity contribution >= 4 is 15.8 Å². The lowest BCUT2D eigenvalue weighted by Crippen LogP contribution is -2.35. The summed E-state index contributed by atoms with van der Waals surface area (Å²) in [6.45, 7) is 0. The number of sulfonamides is 1. The normalized spacial score (nSPS) is 21.1. The molecule has 0 spiro atoms. The van der Waals surface area contributed by atoms with E-state index in [0.29, 0.717) is 0 Å². The van der Waals surface area contributed by atoms with E-state index in [1.54, 1.807) is 0 Å². The standard InChI is InChI=1S/C9H14N4O2S/c10-9-8(6-11-12-9)16(14,15)13-7-4-2-1-3-5-7/h1-2,6-7,13H,3-5H2,(H3,10,11,12). The van der Waals surface area contributed by atoms with Gasteiger partial charge < -0.3 is 5.73 Å². The van der Waals surface area contributed by atoms with E-state index in [-0.39, 0.29) is 16.8 Å². The number of nitrogens with zero attached hydrogens (tertiary/aromatic N) is 1. The largest absolute Gasteiger partial charge is 0.383 e. The van der Waals surface area contributed by atoms with Gasteiger partial charge in [0.05, 0.1) is 6.20 Å². The lowest BCUT2D eigenvalue weighted by Gasteiger charge is -2.18. The van der Waals surface area contributed by atoms with Crippen LogP contribution in [0, 0.1) is 0 Å². The molecule has 2 rings (SSSR count). The maximum atomic E-state index is 11.9. The number of hydrogen-bond acceptors (Lipinski definition) is 4. The van der Waals surface area contributed by atoms with Crippen LogP contribution in [0.15, 0.2) is 23.2 Å². The Morgan fingerprint density at radius 3 is 2.88 bits per heavy atom. The fraction of sp³-hybridized carbons (Fsp3) is 0.444. The molecule has 0 radical (unpaired) electrons. The Morgan fingerprint density at radius 2 is 2.31 bits per heavy atom. The summed E-state index contributed by atoms with van der Waals surface area (Å²) in [5.41, 5.74) is 5.48. The highest BCUT2D eigenvalue weighted by Crippen LogP contribution is 2.17. The Bertz CT molecular complexity index is 491. The lowest BCUT2D eigenvalue weighted by molar-refractivity contribution is 0.522. The van der Waals surface area contributed by atoms with Crippen molar-refractivity contribution in [2.75, 3.05) is 5.73 Å². The minimum absolute atomic E-state index is 0.0158. The molecule has 1 aromatic heterocycles. The fourth-order valence-electron chi connectivity index (χ4n) is 1.68. The first kappa shape index (κ1) is 11.2. The molecule has 0 fully saturated rings. The molecular weight excluding hydrogens is 228 g/mol. The Labute approximate surface area is 94.0 Å². The molecule has 88 valence electrons. The van der Waals surface area contributed by atoms with E-state index in [4.69, 9.17) is 5.73 Å². The molecule has 1 atom stereocenters. The lowest BCUT2D eigenvalue weighted by atomic mass is 10.0. The van der Waals surface area contributed by atoms with Crippen LogP contribution in [0.5, 0.6) is 0 Å². The Balaban J connectivity index is 2.14. The van der Waals surface area contributed by atoms with E-state index < -0.39 is 10.0 Å². The fourth-order valence-corrected chi connectivity index (χ4v) is 2.99. The topological polar surface area (TPSA) is 101 Å². The predicted octanol–water partition coefficient (Wildman–Crippen LogP) is 0.379. The molecule has 16 heavy (non-hydrogen) atoms. The number of rotatable bonds is 3. The van der Waals surface area contributed by atoms with E-state index >= 15 is 0 Å². The number of H-pyrrole nitrogens is 1. The average Bonchev–Trinajstić information content (AvgIpc) is 2.66. The second-order valence-electron chi connectivity index (χ2n) is 3.75. The summed E-state index contributed by atoms with van der Waals surface area (Å²) in [5.74, 6) is 0.0684. The van der Waals surface area contributed by atoms with Crippen LogP contribution >= 0.6 is 0 Å². The van der Waals surface area contributed by atoms with Crippen molar-refractivity contribution in [2.45, 2.75) is 30.2 Å². The Morgan fingerprint density at radius 1 is 1.50 bits per heavy atom. The van der Waals surface area contributed by atoms with Crippen LogP contribution in [0.3, 0.4) is 0 Å². The molecular formula is C9H14N4O2S. The smallest absolute Gasteiger partial charge is 0.246 e. The third-order valence-corrected chi connectivity index (χ3v) is 4.06. The molecule has 6 nitrogen and oxygen atoms in total. The number of nitrogen functional groups attached to an aromatic ring is 1. The summed E-state index contributed by atoms with van der Waals surface area (Å²) in [6, 6.07) is -0.0516. The predicted molar refractivity (Wildman–Crippen MR) is 60.1 cm³/mol. The van der Waals surface area contributed by atoms with Crippen molar-refractivity contribution in [1.82, 2.24) is 14.9 Å². The van der Waals surface area contributed by atoms with Gasteiger partial charge >= 0.3 is 0 Å². The summed E-state index contributed by atoms with van der Waals surface area (Å²) in [7, 11) is -3.55. The maximum absolute atomic E-state index is 11.9. The molecule has 0 bridgehead atoms. The van der Waals surface area contributed by atoms with Gasteiger partial charge in [-0.3, -0.25) is 5.10 Å². The van der Waals surface area contributed by atoms with E-state index in [1.807, 2.05) is 6.08 Å². The number of aromatic amines is 1. The monoisotopic (exact) mass is 242 g/mol. The van der Waals surface area contributed by atoms with Crippen LogP contribution in [0.2, 0.25) is 0 Å². The summed E-state index contributed by atoms with van der Waals surface area (Å²) in [4.78, 5) is 0.0158. The zero-order chi connectivity index (χ0) is 11.6. The van der Waals surface area contributed by atoms with E-state index in [0.717, 1.165) is 19.3 Å². The second kappa shape index (κ2) is 4.26. The van der Waals surface area contributed by atoms with Crippen molar-refractivity contribution in [2.24, 2.45) is 0 Å². The van der Waals surface area contributed by atoms with Gasteiger partial charge in [-0.1, -0.05) is 12.2 Å². The van der Waals surface area contributed by atoms with Gasteiger partial charge in [0.15, 0.2) is 0 Å². The van der Waals surface area contributed by atoms with Gasteiger partial charge in [0.25, 0.3) is 0 Å². The molecule has 1 aliphatic carbocycles. The second-order valence-corrected chi connectivity index (χ2v) is 5.43. The molecule has 0 amide bonds. The molecule has 4 N–H and O–H groups in total. The zero-order valence-corrected chi connectivity index (χ0v) is 9.50. The van der Waals surface area contributed by atoms with Crippen molar-refractivity contribution < 1.29 is 8.42 Å². The van der Waals surface area contributed by atoms with Crippen molar-refractivity contribution in [3.8, 4) is 0 Å². The SMILES string of the molecule is Nc1[nH]ncc1S(=O)(=O)NC1CC=CCC1. The minimum atomic E-state index is -3.55. The van der Waals surface area contributed by atoms with Crippen molar-refractivity contribution in [1.29, 1.82) is 0 Å². The highest BCUT2D eigenvalue weighted by atomic mass is 32.2. The van der Waals surface area contributed by atoms with Crippen LogP contribution in [0.1, 0.15) is 19.3 Å². The van der Waals surface area contributed by atoms with Gasteiger partial charge in [0, 0.05) is 6.04 Å². The molecule has 1 heterocycles. The highest BCUT2D eigenvalue weighted by molar-refractivity contribution is 7.89. The molecule has 0 saturated carbocycles. The first-order valence-electron chi connectivity index (χ1n) is 5.06. The summed E-state index contributed by atoms with van der Waals surface area (Å²) in [6.07, 6.45) is 7.68. The number of aromatic nitrogens is 2. The van der Waals surface area contributed by atoms with Crippen molar-refractivity contribution in [3.63, 3.8) is 0 Å². The van der Waals surface area contributed by atoms with Crippen LogP contribution in [0.25, 0.3) is 0 Å². The van der Waals surface area contributed by atoms with Crippen LogP contribution in [-0.4, -0.2) is 24.7 Å². The maximum Gasteiger partial charge on any atom is 0.246 e. The molecule has 0 aromatic carbocycles. The average molecular weight is 242 g/mol. The molecule has 7 heteroatoms. The van der Waals surface area contributed by atoms with E-state index in [2.05, 4.69) is 21.0 Å². The molecule has 0 aliphatic heterocycles. The van der Waals surface area contributed by atoms with Crippen LogP contribution in [0.4, 0.5) is 5.82 Å². The van der Waals surface area contributed by atoms with Gasteiger partial charge in [0.2, 0.25) is 10.0 Å². The molecule has 1 aliphatic rings. The summed E-state index contributed by atoms with van der Waals surface area (Å²) < 4.78 is 26.4. The molecule has 0 saturated heterocycles. The van der Waals surface area contributed by atoms with Gasteiger partial charge in [-0.15, -0.1) is 0 Å². The number of nitrogens with two attached hydrogens (primary N) is 1. The summed E-state index contributed by atoms with van der Waals surface area (Å²) >= 11 is 0. The van der Waals surface area contributed by atoms with E-state index in [1.165, 1.54) is 6.20 Å². The molecule has 1 unspecified atom stereocenters. The van der Waals surface area contributed by atoms with Gasteiger partial charge in [-0.05, 0) is 19.3 Å². The number of allylic oxidation sites excluding steroid dienone is 1. The third kappa shape index (κ3) is 2.25. The highest BCUT2D eigenvalue weighted by Gasteiger charge is 2.23. The van der Waals surface area contributed by atoms with Crippen LogP contribution < -0.4 is 10.5 Å².